The van der Waals surface area contributed by atoms with Gasteiger partial charge in [0.15, 0.2) is 0 Å². The van der Waals surface area contributed by atoms with Crippen LogP contribution in [0, 0.1) is 11.7 Å². The van der Waals surface area contributed by atoms with Gasteiger partial charge in [-0.15, -0.1) is 0 Å². The molecule has 2 saturated heterocycles. The number of nitrogens with zero attached hydrogens (tertiary/aromatic N) is 1. The van der Waals surface area contributed by atoms with Crippen molar-refractivity contribution < 1.29 is 9.18 Å². The van der Waals surface area contributed by atoms with Crippen LogP contribution >= 0.6 is 15.9 Å². The molecule has 2 atom stereocenters. The molecular weight excluding hydrogens is 311 g/mol. The highest BCUT2D eigenvalue weighted by atomic mass is 79.9. The summed E-state index contributed by atoms with van der Waals surface area (Å²) in [6.45, 7) is 2.61. The molecule has 3 nitrogen and oxygen atoms in total. The lowest BCUT2D eigenvalue weighted by molar-refractivity contribution is 0.0784. The molecule has 0 radical (unpaired) electrons. The zero-order chi connectivity index (χ0) is 13.4. The van der Waals surface area contributed by atoms with Gasteiger partial charge in [-0.2, -0.15) is 0 Å². The van der Waals surface area contributed by atoms with E-state index in [-0.39, 0.29) is 11.7 Å². The third-order valence-corrected chi connectivity index (χ3v) is 4.70. The Morgan fingerprint density at radius 3 is 3.00 bits per heavy atom. The Hall–Kier alpha value is -0.940. The number of fused-ring (bicyclic) bond motifs is 1. The molecule has 2 aliphatic heterocycles. The van der Waals surface area contributed by atoms with E-state index in [1.165, 1.54) is 25.0 Å². The molecule has 0 bridgehead atoms. The summed E-state index contributed by atoms with van der Waals surface area (Å²) in [4.78, 5) is 14.3. The number of likely N-dealkylation sites (tertiary alicyclic amines) is 1. The molecule has 2 aliphatic rings. The summed E-state index contributed by atoms with van der Waals surface area (Å²) < 4.78 is 13.6. The van der Waals surface area contributed by atoms with Crippen LogP contribution in [0.4, 0.5) is 4.39 Å². The molecule has 102 valence electrons. The highest BCUT2D eigenvalue weighted by molar-refractivity contribution is 9.10. The molecule has 2 unspecified atom stereocenters. The van der Waals surface area contributed by atoms with Crippen molar-refractivity contribution in [3.05, 3.63) is 34.1 Å². The smallest absolute Gasteiger partial charge is 0.255 e. The van der Waals surface area contributed by atoms with Crippen LogP contribution in [-0.4, -0.2) is 36.5 Å². The number of amides is 1. The Morgan fingerprint density at radius 2 is 2.26 bits per heavy atom. The maximum absolute atomic E-state index is 13.1. The van der Waals surface area contributed by atoms with Gasteiger partial charge in [0, 0.05) is 23.6 Å². The summed E-state index contributed by atoms with van der Waals surface area (Å²) in [5.41, 5.74) is 0.542. The second kappa shape index (κ2) is 5.21. The minimum Gasteiger partial charge on any atom is -0.337 e. The van der Waals surface area contributed by atoms with Gasteiger partial charge in [0.1, 0.15) is 5.82 Å². The Labute approximate surface area is 120 Å². The van der Waals surface area contributed by atoms with E-state index in [9.17, 15) is 9.18 Å². The van der Waals surface area contributed by atoms with Gasteiger partial charge in [-0.05, 0) is 59.4 Å². The number of nitrogens with one attached hydrogen (secondary N) is 1. The van der Waals surface area contributed by atoms with Crippen LogP contribution in [0.25, 0.3) is 0 Å². The highest BCUT2D eigenvalue weighted by Gasteiger charge is 2.36. The third kappa shape index (κ3) is 2.54. The average molecular weight is 327 g/mol. The molecular formula is C14H16BrFN2O. The summed E-state index contributed by atoms with van der Waals surface area (Å²) in [7, 11) is 0. The lowest BCUT2D eigenvalue weighted by atomic mass is 9.94. The minimum atomic E-state index is -0.333. The number of rotatable bonds is 1. The molecule has 0 aliphatic carbocycles. The highest BCUT2D eigenvalue weighted by Crippen LogP contribution is 2.27. The number of hydrogen-bond acceptors (Lipinski definition) is 2. The SMILES string of the molecule is O=C(c1ccc(F)cc1Br)N1CC2CCCNC2C1. The van der Waals surface area contributed by atoms with Crippen LogP contribution in [0.15, 0.2) is 22.7 Å². The Bertz CT molecular complexity index is 494. The van der Waals surface area contributed by atoms with Crippen molar-refractivity contribution in [3.63, 3.8) is 0 Å². The van der Waals surface area contributed by atoms with Crippen LogP contribution in [0.1, 0.15) is 23.2 Å². The van der Waals surface area contributed by atoms with Gasteiger partial charge in [0.25, 0.3) is 5.91 Å². The summed E-state index contributed by atoms with van der Waals surface area (Å²) >= 11 is 3.27. The van der Waals surface area contributed by atoms with Gasteiger partial charge >= 0.3 is 0 Å². The minimum absolute atomic E-state index is 0.0110. The fraction of sp³-hybridized carbons (Fsp3) is 0.500. The van der Waals surface area contributed by atoms with E-state index < -0.39 is 0 Å². The number of carbonyl (C=O) groups excluding carboxylic acids is 1. The quantitative estimate of drug-likeness (QED) is 0.859. The van der Waals surface area contributed by atoms with E-state index in [1.807, 2.05) is 4.90 Å². The molecule has 0 saturated carbocycles. The largest absolute Gasteiger partial charge is 0.337 e. The van der Waals surface area contributed by atoms with Crippen molar-refractivity contribution in [2.45, 2.75) is 18.9 Å². The van der Waals surface area contributed by atoms with E-state index in [4.69, 9.17) is 0 Å². The molecule has 5 heteroatoms. The molecule has 1 N–H and O–H groups in total. The number of benzene rings is 1. The fourth-order valence-electron chi connectivity index (χ4n) is 3.05. The first kappa shape index (κ1) is 13.1. The van der Waals surface area contributed by atoms with Crippen LogP contribution in [0.5, 0.6) is 0 Å². The number of halogens is 2. The summed E-state index contributed by atoms with van der Waals surface area (Å²) in [5, 5.41) is 3.48. The van der Waals surface area contributed by atoms with E-state index in [2.05, 4.69) is 21.2 Å². The molecule has 2 heterocycles. The van der Waals surface area contributed by atoms with Gasteiger partial charge < -0.3 is 10.2 Å². The van der Waals surface area contributed by atoms with Gasteiger partial charge in [0.2, 0.25) is 0 Å². The summed E-state index contributed by atoms with van der Waals surface area (Å²) in [6, 6.07) is 4.66. The van der Waals surface area contributed by atoms with Gasteiger partial charge in [-0.25, -0.2) is 4.39 Å². The maximum atomic E-state index is 13.1. The second-order valence-electron chi connectivity index (χ2n) is 5.30. The van der Waals surface area contributed by atoms with Crippen molar-refractivity contribution >= 4 is 21.8 Å². The standard InChI is InChI=1S/C14H16BrFN2O/c15-12-6-10(16)3-4-11(12)14(19)18-7-9-2-1-5-17-13(9)8-18/h3-4,6,9,13,17H,1-2,5,7-8H2. The Morgan fingerprint density at radius 1 is 1.42 bits per heavy atom. The van der Waals surface area contributed by atoms with Crippen LogP contribution in [0.3, 0.4) is 0 Å². The molecule has 3 rings (SSSR count). The molecule has 2 fully saturated rings. The van der Waals surface area contributed by atoms with Crippen molar-refractivity contribution in [2.24, 2.45) is 5.92 Å². The fourth-order valence-corrected chi connectivity index (χ4v) is 3.57. The number of piperidine rings is 1. The molecule has 1 aromatic rings. The zero-order valence-electron chi connectivity index (χ0n) is 10.5. The molecule has 19 heavy (non-hydrogen) atoms. The van der Waals surface area contributed by atoms with Crippen molar-refractivity contribution in [3.8, 4) is 0 Å². The predicted octanol–water partition coefficient (Wildman–Crippen LogP) is 2.41. The average Bonchev–Trinajstić information content (AvgIpc) is 2.81. The normalized spacial score (nSPS) is 26.3. The predicted molar refractivity (Wildman–Crippen MR) is 74.5 cm³/mol. The first-order chi connectivity index (χ1) is 9.15. The van der Waals surface area contributed by atoms with Crippen molar-refractivity contribution in [2.75, 3.05) is 19.6 Å². The maximum Gasteiger partial charge on any atom is 0.255 e. The summed E-state index contributed by atoms with van der Waals surface area (Å²) in [6.07, 6.45) is 2.37. The van der Waals surface area contributed by atoms with Crippen molar-refractivity contribution in [1.82, 2.24) is 10.2 Å². The van der Waals surface area contributed by atoms with Crippen LogP contribution in [-0.2, 0) is 0 Å². The lowest BCUT2D eigenvalue weighted by Crippen LogP contribution is -2.41. The van der Waals surface area contributed by atoms with Gasteiger partial charge in [-0.1, -0.05) is 0 Å². The molecule has 0 spiro atoms. The molecule has 1 aromatic carbocycles. The first-order valence-corrected chi connectivity index (χ1v) is 7.42. The van der Waals surface area contributed by atoms with Crippen molar-refractivity contribution in [1.29, 1.82) is 0 Å². The van der Waals surface area contributed by atoms with E-state index in [1.54, 1.807) is 6.07 Å². The molecule has 0 aromatic heterocycles. The Balaban J connectivity index is 1.77. The van der Waals surface area contributed by atoms with E-state index >= 15 is 0 Å². The number of hydrogen-bond donors (Lipinski definition) is 1. The van der Waals surface area contributed by atoms with E-state index in [0.717, 1.165) is 19.6 Å². The lowest BCUT2D eigenvalue weighted by Gasteiger charge is -2.24. The van der Waals surface area contributed by atoms with Crippen LogP contribution < -0.4 is 5.32 Å². The Kier molecular flexibility index (Phi) is 3.58. The topological polar surface area (TPSA) is 32.3 Å². The van der Waals surface area contributed by atoms with Gasteiger partial charge in [0.05, 0.1) is 5.56 Å². The third-order valence-electron chi connectivity index (χ3n) is 4.05. The van der Waals surface area contributed by atoms with Crippen LogP contribution in [0.2, 0.25) is 0 Å². The number of carbonyl (C=O) groups is 1. The van der Waals surface area contributed by atoms with E-state index in [0.29, 0.717) is 22.0 Å². The van der Waals surface area contributed by atoms with Gasteiger partial charge in [-0.3, -0.25) is 4.79 Å². The first-order valence-electron chi connectivity index (χ1n) is 6.63. The molecule has 1 amide bonds. The second-order valence-corrected chi connectivity index (χ2v) is 6.15. The monoisotopic (exact) mass is 326 g/mol. The zero-order valence-corrected chi connectivity index (χ0v) is 12.1. The summed E-state index contributed by atoms with van der Waals surface area (Å²) in [5.74, 6) is 0.222.